The van der Waals surface area contributed by atoms with Gasteiger partial charge in [-0.25, -0.2) is 0 Å². The van der Waals surface area contributed by atoms with Gasteiger partial charge >= 0.3 is 0 Å². The molecule has 1 heterocycles. The summed E-state index contributed by atoms with van der Waals surface area (Å²) >= 11 is 5.86. The Bertz CT molecular complexity index is 742. The molecule has 27 heavy (non-hydrogen) atoms. The van der Waals surface area contributed by atoms with Crippen LogP contribution in [0.1, 0.15) is 37.3 Å². The van der Waals surface area contributed by atoms with Gasteiger partial charge in [-0.2, -0.15) is 0 Å². The number of carbonyl (C=O) groups is 1. The lowest BCUT2D eigenvalue weighted by Crippen LogP contribution is -2.35. The number of nitrogens with one attached hydrogen (secondary N) is 1. The van der Waals surface area contributed by atoms with Gasteiger partial charge in [0.25, 0.3) is 5.91 Å². The Morgan fingerprint density at radius 2 is 1.81 bits per heavy atom. The minimum atomic E-state index is -0.567. The van der Waals surface area contributed by atoms with Crippen LogP contribution >= 0.6 is 11.6 Å². The monoisotopic (exact) mass is 386 g/mol. The number of halogens is 1. The normalized spacial score (nSPS) is 15.9. The minimum Gasteiger partial charge on any atom is -0.481 e. The molecule has 0 aromatic heterocycles. The predicted octanol–water partition coefficient (Wildman–Crippen LogP) is 4.41. The van der Waals surface area contributed by atoms with E-state index in [0.717, 1.165) is 12.1 Å². The first-order valence-corrected chi connectivity index (χ1v) is 9.98. The molecular weight excluding hydrogens is 360 g/mol. The molecule has 2 aromatic carbocycles. The van der Waals surface area contributed by atoms with Crippen molar-refractivity contribution in [3.05, 3.63) is 64.7 Å². The summed E-state index contributed by atoms with van der Waals surface area (Å²) in [4.78, 5) is 14.8. The molecule has 1 aliphatic heterocycles. The molecule has 4 nitrogen and oxygen atoms in total. The predicted molar refractivity (Wildman–Crippen MR) is 109 cm³/mol. The second kappa shape index (κ2) is 9.77. The highest BCUT2D eigenvalue weighted by Crippen LogP contribution is 2.17. The third-order valence-corrected chi connectivity index (χ3v) is 5.06. The summed E-state index contributed by atoms with van der Waals surface area (Å²) in [5.74, 6) is 0.497. The van der Waals surface area contributed by atoms with Gasteiger partial charge in [0, 0.05) is 18.1 Å². The Morgan fingerprint density at radius 3 is 2.56 bits per heavy atom. The zero-order chi connectivity index (χ0) is 19.1. The van der Waals surface area contributed by atoms with Crippen LogP contribution in [0.15, 0.2) is 48.5 Å². The van der Waals surface area contributed by atoms with Crippen LogP contribution in [-0.4, -0.2) is 30.0 Å². The molecular formula is C22H27ClN2O2. The minimum absolute atomic E-state index is 0.133. The van der Waals surface area contributed by atoms with Crippen LogP contribution in [0.3, 0.4) is 0 Å². The molecule has 1 N–H and O–H groups in total. The fourth-order valence-electron chi connectivity index (χ4n) is 3.32. The summed E-state index contributed by atoms with van der Waals surface area (Å²) in [6.07, 6.45) is 3.36. The molecule has 5 heteroatoms. The Balaban J connectivity index is 1.49. The largest absolute Gasteiger partial charge is 0.481 e. The fraction of sp³-hybridized carbons (Fsp3) is 0.409. The van der Waals surface area contributed by atoms with E-state index in [4.69, 9.17) is 16.3 Å². The van der Waals surface area contributed by atoms with E-state index in [1.807, 2.05) is 6.07 Å². The van der Waals surface area contributed by atoms with Gasteiger partial charge in [-0.05, 0) is 68.2 Å². The Morgan fingerprint density at radius 1 is 1.11 bits per heavy atom. The summed E-state index contributed by atoms with van der Waals surface area (Å²) in [6.45, 7) is 5.59. The molecule has 0 aliphatic carbocycles. The number of piperidine rings is 1. The second-order valence-electron chi connectivity index (χ2n) is 7.09. The van der Waals surface area contributed by atoms with Gasteiger partial charge in [0.05, 0.1) is 0 Å². The molecule has 3 rings (SSSR count). The number of rotatable bonds is 7. The molecule has 1 amide bonds. The van der Waals surface area contributed by atoms with Crippen molar-refractivity contribution >= 4 is 17.5 Å². The molecule has 1 atom stereocenters. The lowest BCUT2D eigenvalue weighted by Gasteiger charge is -2.26. The Labute approximate surface area is 166 Å². The van der Waals surface area contributed by atoms with Crippen LogP contribution in [0.25, 0.3) is 0 Å². The number of hydrogen-bond acceptors (Lipinski definition) is 3. The second-order valence-corrected chi connectivity index (χ2v) is 7.52. The molecule has 2 aromatic rings. The average molecular weight is 387 g/mol. The topological polar surface area (TPSA) is 41.6 Å². The lowest BCUT2D eigenvalue weighted by molar-refractivity contribution is -0.127. The smallest absolute Gasteiger partial charge is 0.261 e. The number of hydrogen-bond donors (Lipinski definition) is 1. The number of amides is 1. The number of ether oxygens (including phenoxy) is 1. The van der Waals surface area contributed by atoms with E-state index in [-0.39, 0.29) is 5.91 Å². The number of likely N-dealkylation sites (tertiary alicyclic amines) is 1. The van der Waals surface area contributed by atoms with Crippen LogP contribution in [-0.2, 0) is 17.9 Å². The maximum Gasteiger partial charge on any atom is 0.261 e. The lowest BCUT2D eigenvalue weighted by atomic mass is 10.1. The van der Waals surface area contributed by atoms with E-state index >= 15 is 0 Å². The molecule has 0 spiro atoms. The zero-order valence-corrected chi connectivity index (χ0v) is 16.5. The van der Waals surface area contributed by atoms with Crippen molar-refractivity contribution in [1.29, 1.82) is 0 Å². The third kappa shape index (κ3) is 6.26. The van der Waals surface area contributed by atoms with Gasteiger partial charge in [0.1, 0.15) is 5.75 Å². The van der Waals surface area contributed by atoms with Crippen molar-refractivity contribution in [3.8, 4) is 5.75 Å². The van der Waals surface area contributed by atoms with Crippen LogP contribution in [0.2, 0.25) is 5.02 Å². The zero-order valence-electron chi connectivity index (χ0n) is 15.8. The summed E-state index contributed by atoms with van der Waals surface area (Å²) < 4.78 is 5.67. The van der Waals surface area contributed by atoms with Crippen LogP contribution in [0, 0.1) is 0 Å². The van der Waals surface area contributed by atoms with Crippen LogP contribution in [0.5, 0.6) is 5.75 Å². The van der Waals surface area contributed by atoms with Crippen molar-refractivity contribution in [1.82, 2.24) is 10.2 Å². The van der Waals surface area contributed by atoms with Crippen molar-refractivity contribution in [2.45, 2.75) is 45.4 Å². The highest BCUT2D eigenvalue weighted by atomic mass is 35.5. The molecule has 1 saturated heterocycles. The van der Waals surface area contributed by atoms with E-state index in [0.29, 0.717) is 17.3 Å². The third-order valence-electron chi connectivity index (χ3n) is 4.81. The first-order valence-electron chi connectivity index (χ1n) is 9.60. The Hall–Kier alpha value is -2.04. The fourth-order valence-corrected chi connectivity index (χ4v) is 3.44. The summed E-state index contributed by atoms with van der Waals surface area (Å²) in [5, 5.41) is 3.60. The number of nitrogens with zero attached hydrogens (tertiary/aromatic N) is 1. The number of benzene rings is 2. The van der Waals surface area contributed by atoms with Crippen molar-refractivity contribution < 1.29 is 9.53 Å². The average Bonchev–Trinajstić information content (AvgIpc) is 2.69. The van der Waals surface area contributed by atoms with E-state index < -0.39 is 6.10 Å². The van der Waals surface area contributed by atoms with Gasteiger partial charge < -0.3 is 10.1 Å². The summed E-state index contributed by atoms with van der Waals surface area (Å²) in [6, 6.07) is 15.5. The molecule has 144 valence electrons. The quantitative estimate of drug-likeness (QED) is 0.766. The summed E-state index contributed by atoms with van der Waals surface area (Å²) in [5.41, 5.74) is 2.41. The maximum absolute atomic E-state index is 12.3. The maximum atomic E-state index is 12.3. The van der Waals surface area contributed by atoms with Gasteiger partial charge in [-0.3, -0.25) is 9.69 Å². The molecule has 0 unspecified atom stereocenters. The van der Waals surface area contributed by atoms with Crippen LogP contribution in [0.4, 0.5) is 0 Å². The molecule has 0 radical (unpaired) electrons. The first kappa shape index (κ1) is 19.7. The SMILES string of the molecule is C[C@@H](Oc1ccc(Cl)cc1)C(=O)NCc1cccc(CN2CCCCC2)c1. The highest BCUT2D eigenvalue weighted by molar-refractivity contribution is 6.30. The van der Waals surface area contributed by atoms with Crippen molar-refractivity contribution in [2.75, 3.05) is 13.1 Å². The molecule has 1 aliphatic rings. The van der Waals surface area contributed by atoms with Crippen molar-refractivity contribution in [3.63, 3.8) is 0 Å². The van der Waals surface area contributed by atoms with Gasteiger partial charge in [0.2, 0.25) is 0 Å². The molecule has 0 bridgehead atoms. The number of carbonyl (C=O) groups excluding carboxylic acids is 1. The van der Waals surface area contributed by atoms with Crippen molar-refractivity contribution in [2.24, 2.45) is 0 Å². The first-order chi connectivity index (χ1) is 13.1. The summed E-state index contributed by atoms with van der Waals surface area (Å²) in [7, 11) is 0. The van der Waals surface area contributed by atoms with E-state index in [1.54, 1.807) is 31.2 Å². The van der Waals surface area contributed by atoms with Gasteiger partial charge in [-0.15, -0.1) is 0 Å². The van der Waals surface area contributed by atoms with Gasteiger partial charge in [0.15, 0.2) is 6.10 Å². The van der Waals surface area contributed by atoms with E-state index in [2.05, 4.69) is 28.4 Å². The molecule has 0 saturated carbocycles. The van der Waals surface area contributed by atoms with E-state index in [9.17, 15) is 4.79 Å². The Kier molecular flexibility index (Phi) is 7.13. The van der Waals surface area contributed by atoms with E-state index in [1.165, 1.54) is 37.9 Å². The van der Waals surface area contributed by atoms with Gasteiger partial charge in [-0.1, -0.05) is 42.3 Å². The molecule has 1 fully saturated rings. The highest BCUT2D eigenvalue weighted by Gasteiger charge is 2.15. The van der Waals surface area contributed by atoms with Crippen LogP contribution < -0.4 is 10.1 Å². The standard InChI is InChI=1S/C22H27ClN2O2/c1-17(27-21-10-8-20(23)9-11-21)22(26)24-15-18-6-5-7-19(14-18)16-25-12-3-2-4-13-25/h5-11,14,17H,2-4,12-13,15-16H2,1H3,(H,24,26)/t17-/m1/s1.